The van der Waals surface area contributed by atoms with Crippen molar-refractivity contribution in [2.24, 2.45) is 23.7 Å². The lowest BCUT2D eigenvalue weighted by molar-refractivity contribution is 0.112. The Labute approximate surface area is 66.5 Å². The van der Waals surface area contributed by atoms with Crippen molar-refractivity contribution >= 4 is 0 Å². The van der Waals surface area contributed by atoms with Crippen molar-refractivity contribution in [2.75, 3.05) is 13.2 Å². The zero-order valence-corrected chi connectivity index (χ0v) is 6.48. The quantitative estimate of drug-likeness (QED) is 0.565. The van der Waals surface area contributed by atoms with Gasteiger partial charge < -0.3 is 10.2 Å². The van der Waals surface area contributed by atoms with Crippen LogP contribution in [0.15, 0.2) is 12.2 Å². The lowest BCUT2D eigenvalue weighted by atomic mass is 9.84. The topological polar surface area (TPSA) is 40.5 Å². The maximum Gasteiger partial charge on any atom is 0.0468 e. The van der Waals surface area contributed by atoms with E-state index in [0.717, 1.165) is 6.42 Å². The second kappa shape index (κ2) is 2.61. The highest BCUT2D eigenvalue weighted by molar-refractivity contribution is 5.13. The maximum atomic E-state index is 9.04. The highest BCUT2D eigenvalue weighted by Crippen LogP contribution is 2.47. The molecule has 0 unspecified atom stereocenters. The second-order valence-electron chi connectivity index (χ2n) is 3.64. The van der Waals surface area contributed by atoms with Gasteiger partial charge in [0, 0.05) is 13.2 Å². The standard InChI is InChI=1S/C9H14O2/c10-4-8-6-1-2-7(3-6)9(8)5-11/h1-2,6-11H,3-5H2/t6-,7-,8-,9+/m1/s1. The molecule has 62 valence electrons. The molecule has 0 aliphatic heterocycles. The molecule has 2 aliphatic rings. The summed E-state index contributed by atoms with van der Waals surface area (Å²) in [6.45, 7) is 0.466. The van der Waals surface area contributed by atoms with E-state index >= 15 is 0 Å². The van der Waals surface area contributed by atoms with Crippen molar-refractivity contribution in [1.29, 1.82) is 0 Å². The fourth-order valence-electron chi connectivity index (χ4n) is 2.57. The molecule has 1 saturated carbocycles. The normalized spacial score (nSPS) is 47.1. The zero-order valence-electron chi connectivity index (χ0n) is 6.48. The van der Waals surface area contributed by atoms with Gasteiger partial charge in [0.25, 0.3) is 0 Å². The third kappa shape index (κ3) is 0.932. The summed E-state index contributed by atoms with van der Waals surface area (Å²) in [6.07, 6.45) is 5.53. The first-order valence-electron chi connectivity index (χ1n) is 4.27. The molecule has 0 aromatic carbocycles. The van der Waals surface area contributed by atoms with E-state index in [4.69, 9.17) is 10.2 Å². The molecule has 0 aromatic rings. The van der Waals surface area contributed by atoms with E-state index in [0.29, 0.717) is 23.7 Å². The molecular formula is C9H14O2. The lowest BCUT2D eigenvalue weighted by Gasteiger charge is -2.23. The van der Waals surface area contributed by atoms with Gasteiger partial charge in [-0.15, -0.1) is 0 Å². The molecule has 0 amide bonds. The van der Waals surface area contributed by atoms with Gasteiger partial charge in [-0.25, -0.2) is 0 Å². The van der Waals surface area contributed by atoms with Gasteiger partial charge in [0.05, 0.1) is 0 Å². The summed E-state index contributed by atoms with van der Waals surface area (Å²) in [5.41, 5.74) is 0. The Morgan fingerprint density at radius 1 is 1.00 bits per heavy atom. The van der Waals surface area contributed by atoms with Crippen molar-refractivity contribution in [3.05, 3.63) is 12.2 Å². The molecule has 2 bridgehead atoms. The van der Waals surface area contributed by atoms with Crippen LogP contribution >= 0.6 is 0 Å². The average molecular weight is 154 g/mol. The largest absolute Gasteiger partial charge is 0.396 e. The van der Waals surface area contributed by atoms with Gasteiger partial charge in [0.2, 0.25) is 0 Å². The summed E-state index contributed by atoms with van der Waals surface area (Å²) < 4.78 is 0. The first-order valence-corrected chi connectivity index (χ1v) is 4.27. The van der Waals surface area contributed by atoms with Crippen LogP contribution < -0.4 is 0 Å². The van der Waals surface area contributed by atoms with Gasteiger partial charge in [-0.3, -0.25) is 0 Å². The van der Waals surface area contributed by atoms with E-state index in [1.165, 1.54) is 0 Å². The van der Waals surface area contributed by atoms with E-state index in [-0.39, 0.29) is 13.2 Å². The molecule has 2 N–H and O–H groups in total. The fourth-order valence-corrected chi connectivity index (χ4v) is 2.57. The van der Waals surface area contributed by atoms with Gasteiger partial charge >= 0.3 is 0 Å². The van der Waals surface area contributed by atoms with Gasteiger partial charge in [-0.2, -0.15) is 0 Å². The van der Waals surface area contributed by atoms with Gasteiger partial charge in [-0.05, 0) is 30.1 Å². The Morgan fingerprint density at radius 2 is 1.45 bits per heavy atom. The number of aliphatic hydroxyl groups is 2. The molecule has 11 heavy (non-hydrogen) atoms. The summed E-state index contributed by atoms with van der Waals surface area (Å²) in [5.74, 6) is 1.74. The third-order valence-corrected chi connectivity index (χ3v) is 3.22. The van der Waals surface area contributed by atoms with Crippen LogP contribution in [-0.2, 0) is 0 Å². The number of allylic oxidation sites excluding steroid dienone is 2. The Balaban J connectivity index is 2.15. The van der Waals surface area contributed by atoms with Crippen LogP contribution in [0, 0.1) is 23.7 Å². The Hall–Kier alpha value is -0.340. The van der Waals surface area contributed by atoms with Crippen LogP contribution in [0.1, 0.15) is 6.42 Å². The summed E-state index contributed by atoms with van der Waals surface area (Å²) in [7, 11) is 0. The monoisotopic (exact) mass is 154 g/mol. The summed E-state index contributed by atoms with van der Waals surface area (Å²) in [5, 5.41) is 18.1. The van der Waals surface area contributed by atoms with E-state index < -0.39 is 0 Å². The number of hydrogen-bond donors (Lipinski definition) is 2. The van der Waals surface area contributed by atoms with Gasteiger partial charge in [0.15, 0.2) is 0 Å². The molecular weight excluding hydrogens is 140 g/mol. The smallest absolute Gasteiger partial charge is 0.0468 e. The van der Waals surface area contributed by atoms with Crippen LogP contribution in [0.5, 0.6) is 0 Å². The molecule has 2 nitrogen and oxygen atoms in total. The zero-order chi connectivity index (χ0) is 7.84. The predicted octanol–water partition coefficient (Wildman–Crippen LogP) is 0.409. The Kier molecular flexibility index (Phi) is 1.74. The second-order valence-corrected chi connectivity index (χ2v) is 3.64. The Morgan fingerprint density at radius 3 is 1.82 bits per heavy atom. The van der Waals surface area contributed by atoms with Crippen molar-refractivity contribution in [2.45, 2.75) is 6.42 Å². The number of fused-ring (bicyclic) bond motifs is 2. The van der Waals surface area contributed by atoms with Crippen LogP contribution in [0.3, 0.4) is 0 Å². The SMILES string of the molecule is OC[C@@H]1[C@H](CO)[C@@H]2C=C[C@@H]1C2. The third-order valence-electron chi connectivity index (χ3n) is 3.22. The minimum atomic E-state index is 0.233. The summed E-state index contributed by atoms with van der Waals surface area (Å²) in [6, 6.07) is 0. The van der Waals surface area contributed by atoms with Gasteiger partial charge in [0.1, 0.15) is 0 Å². The van der Waals surface area contributed by atoms with E-state index in [1.807, 2.05) is 0 Å². The van der Waals surface area contributed by atoms with Crippen LogP contribution in [-0.4, -0.2) is 23.4 Å². The van der Waals surface area contributed by atoms with E-state index in [2.05, 4.69) is 12.2 Å². The summed E-state index contributed by atoms with van der Waals surface area (Å²) >= 11 is 0. The van der Waals surface area contributed by atoms with E-state index in [1.54, 1.807) is 0 Å². The fraction of sp³-hybridized carbons (Fsp3) is 0.778. The summed E-state index contributed by atoms with van der Waals surface area (Å²) in [4.78, 5) is 0. The van der Waals surface area contributed by atoms with Crippen molar-refractivity contribution < 1.29 is 10.2 Å². The minimum absolute atomic E-state index is 0.233. The number of aliphatic hydroxyl groups excluding tert-OH is 2. The van der Waals surface area contributed by atoms with Crippen molar-refractivity contribution in [1.82, 2.24) is 0 Å². The lowest BCUT2D eigenvalue weighted by Crippen LogP contribution is -2.25. The van der Waals surface area contributed by atoms with Gasteiger partial charge in [-0.1, -0.05) is 12.2 Å². The Bertz CT molecular complexity index is 158. The molecule has 2 heteroatoms. The first-order chi connectivity index (χ1) is 5.36. The molecule has 0 aromatic heterocycles. The molecule has 0 spiro atoms. The minimum Gasteiger partial charge on any atom is -0.396 e. The first kappa shape index (κ1) is 7.32. The van der Waals surface area contributed by atoms with Crippen molar-refractivity contribution in [3.8, 4) is 0 Å². The van der Waals surface area contributed by atoms with Crippen LogP contribution in [0.25, 0.3) is 0 Å². The van der Waals surface area contributed by atoms with E-state index in [9.17, 15) is 0 Å². The molecule has 0 radical (unpaired) electrons. The number of rotatable bonds is 2. The maximum absolute atomic E-state index is 9.04. The highest BCUT2D eigenvalue weighted by atomic mass is 16.3. The molecule has 2 rings (SSSR count). The number of hydrogen-bond acceptors (Lipinski definition) is 2. The molecule has 4 atom stereocenters. The molecule has 0 saturated heterocycles. The van der Waals surface area contributed by atoms with Crippen LogP contribution in [0.4, 0.5) is 0 Å². The molecule has 0 heterocycles. The highest BCUT2D eigenvalue weighted by Gasteiger charge is 2.43. The molecule has 1 fully saturated rings. The predicted molar refractivity (Wildman–Crippen MR) is 41.9 cm³/mol. The van der Waals surface area contributed by atoms with Crippen molar-refractivity contribution in [3.63, 3.8) is 0 Å². The molecule has 2 aliphatic carbocycles. The average Bonchev–Trinajstić information content (AvgIpc) is 2.60. The van der Waals surface area contributed by atoms with Crippen LogP contribution in [0.2, 0.25) is 0 Å².